The van der Waals surface area contributed by atoms with E-state index in [0.717, 1.165) is 13.1 Å². The van der Waals surface area contributed by atoms with Crippen molar-refractivity contribution in [3.05, 3.63) is 42.5 Å². The van der Waals surface area contributed by atoms with Crippen molar-refractivity contribution < 1.29 is 0 Å². The molecular weight excluding hydrogens is 182 g/mol. The first-order valence-corrected chi connectivity index (χ1v) is 5.59. The van der Waals surface area contributed by atoms with Gasteiger partial charge in [-0.2, -0.15) is 0 Å². The molecule has 0 radical (unpaired) electrons. The van der Waals surface area contributed by atoms with Gasteiger partial charge < -0.3 is 4.90 Å². The highest BCUT2D eigenvalue weighted by Crippen LogP contribution is 2.26. The molecule has 0 bridgehead atoms. The monoisotopic (exact) mass is 199 g/mol. The van der Waals surface area contributed by atoms with E-state index < -0.39 is 0 Å². The molecule has 15 heavy (non-hydrogen) atoms. The van der Waals surface area contributed by atoms with Crippen LogP contribution in [0.2, 0.25) is 0 Å². The maximum absolute atomic E-state index is 2.39. The van der Waals surface area contributed by atoms with Crippen molar-refractivity contribution >= 4 is 16.5 Å². The minimum atomic E-state index is 1.06. The Kier molecular flexibility index (Phi) is 2.91. The van der Waals surface area contributed by atoms with Gasteiger partial charge in [0.15, 0.2) is 0 Å². The predicted molar refractivity (Wildman–Crippen MR) is 67.5 cm³/mol. The number of rotatable bonds is 3. The zero-order valence-electron chi connectivity index (χ0n) is 9.40. The van der Waals surface area contributed by atoms with Gasteiger partial charge in [0.05, 0.1) is 0 Å². The summed E-state index contributed by atoms with van der Waals surface area (Å²) in [6.07, 6.45) is 0. The third-order valence-electron chi connectivity index (χ3n) is 2.87. The number of hydrogen-bond donors (Lipinski definition) is 0. The molecule has 1 heteroatoms. The van der Waals surface area contributed by atoms with Crippen LogP contribution in [0.1, 0.15) is 13.8 Å². The summed E-state index contributed by atoms with van der Waals surface area (Å²) in [4.78, 5) is 2.39. The fraction of sp³-hybridized carbons (Fsp3) is 0.286. The Bertz CT molecular complexity index is 439. The van der Waals surface area contributed by atoms with Crippen molar-refractivity contribution in [1.82, 2.24) is 0 Å². The summed E-state index contributed by atoms with van der Waals surface area (Å²) in [5, 5.41) is 2.67. The second-order valence-corrected chi connectivity index (χ2v) is 3.67. The number of hydrogen-bond acceptors (Lipinski definition) is 1. The van der Waals surface area contributed by atoms with Gasteiger partial charge in [0, 0.05) is 24.2 Å². The van der Waals surface area contributed by atoms with Gasteiger partial charge in [-0.1, -0.05) is 36.4 Å². The summed E-state index contributed by atoms with van der Waals surface area (Å²) in [6.45, 7) is 6.52. The van der Waals surface area contributed by atoms with E-state index in [2.05, 4.69) is 61.2 Å². The Labute approximate surface area is 91.3 Å². The van der Waals surface area contributed by atoms with Crippen molar-refractivity contribution in [2.24, 2.45) is 0 Å². The summed E-state index contributed by atoms with van der Waals surface area (Å²) in [6, 6.07) is 15.1. The van der Waals surface area contributed by atoms with Crippen molar-refractivity contribution in [1.29, 1.82) is 0 Å². The van der Waals surface area contributed by atoms with E-state index >= 15 is 0 Å². The molecule has 0 aliphatic heterocycles. The lowest BCUT2D eigenvalue weighted by Gasteiger charge is -2.22. The van der Waals surface area contributed by atoms with Crippen molar-refractivity contribution in [3.8, 4) is 0 Å². The van der Waals surface area contributed by atoms with E-state index in [1.165, 1.54) is 16.5 Å². The second kappa shape index (κ2) is 4.35. The third-order valence-corrected chi connectivity index (χ3v) is 2.87. The van der Waals surface area contributed by atoms with Crippen molar-refractivity contribution in [3.63, 3.8) is 0 Å². The van der Waals surface area contributed by atoms with Crippen LogP contribution in [0.5, 0.6) is 0 Å². The van der Waals surface area contributed by atoms with Crippen LogP contribution < -0.4 is 4.90 Å². The van der Waals surface area contributed by atoms with E-state index in [1.54, 1.807) is 0 Å². The van der Waals surface area contributed by atoms with Gasteiger partial charge in [-0.15, -0.1) is 0 Å². The molecule has 0 amide bonds. The summed E-state index contributed by atoms with van der Waals surface area (Å²) in [5.74, 6) is 0. The van der Waals surface area contributed by atoms with Crippen LogP contribution >= 0.6 is 0 Å². The molecule has 0 aromatic heterocycles. The minimum Gasteiger partial charge on any atom is -0.372 e. The molecule has 0 unspecified atom stereocenters. The van der Waals surface area contributed by atoms with Crippen LogP contribution in [0.25, 0.3) is 10.8 Å². The Morgan fingerprint density at radius 3 is 2.27 bits per heavy atom. The van der Waals surface area contributed by atoms with Gasteiger partial charge >= 0.3 is 0 Å². The molecule has 2 aromatic rings. The lowest BCUT2D eigenvalue weighted by atomic mass is 10.1. The smallest absolute Gasteiger partial charge is 0.0445 e. The maximum atomic E-state index is 2.39. The molecular formula is C14H17N. The van der Waals surface area contributed by atoms with Gasteiger partial charge in [0.25, 0.3) is 0 Å². The molecule has 0 atom stereocenters. The highest BCUT2D eigenvalue weighted by molar-refractivity contribution is 5.94. The number of anilines is 1. The largest absolute Gasteiger partial charge is 0.372 e. The third kappa shape index (κ3) is 1.82. The standard InChI is InChI=1S/C14H17N/c1-3-15(4-2)14-11-7-9-12-8-5-6-10-13(12)14/h5-11H,3-4H2,1-2H3. The highest BCUT2D eigenvalue weighted by atomic mass is 15.1. The van der Waals surface area contributed by atoms with Gasteiger partial charge in [-0.3, -0.25) is 0 Å². The molecule has 0 heterocycles. The molecule has 0 saturated heterocycles. The Balaban J connectivity index is 2.59. The SMILES string of the molecule is CCN(CC)c1cccc2ccccc12. The fourth-order valence-corrected chi connectivity index (χ4v) is 2.05. The van der Waals surface area contributed by atoms with Gasteiger partial charge in [0.1, 0.15) is 0 Å². The van der Waals surface area contributed by atoms with Crippen LogP contribution in [-0.2, 0) is 0 Å². The molecule has 78 valence electrons. The van der Waals surface area contributed by atoms with E-state index in [0.29, 0.717) is 0 Å². The van der Waals surface area contributed by atoms with Crippen LogP contribution in [0.15, 0.2) is 42.5 Å². The topological polar surface area (TPSA) is 3.24 Å². The van der Waals surface area contributed by atoms with Gasteiger partial charge in [-0.05, 0) is 25.3 Å². The average Bonchev–Trinajstić information content (AvgIpc) is 2.31. The lowest BCUT2D eigenvalue weighted by molar-refractivity contribution is 0.870. The van der Waals surface area contributed by atoms with Crippen LogP contribution in [-0.4, -0.2) is 13.1 Å². The molecule has 0 spiro atoms. The van der Waals surface area contributed by atoms with E-state index in [9.17, 15) is 0 Å². The first-order chi connectivity index (χ1) is 7.36. The Morgan fingerprint density at radius 1 is 0.867 bits per heavy atom. The fourth-order valence-electron chi connectivity index (χ4n) is 2.05. The first-order valence-electron chi connectivity index (χ1n) is 5.59. The molecule has 0 aliphatic carbocycles. The summed E-state index contributed by atoms with van der Waals surface area (Å²) >= 11 is 0. The Morgan fingerprint density at radius 2 is 1.53 bits per heavy atom. The summed E-state index contributed by atoms with van der Waals surface area (Å²) < 4.78 is 0. The molecule has 0 fully saturated rings. The Hall–Kier alpha value is -1.50. The van der Waals surface area contributed by atoms with E-state index in [4.69, 9.17) is 0 Å². The van der Waals surface area contributed by atoms with Gasteiger partial charge in [-0.25, -0.2) is 0 Å². The van der Waals surface area contributed by atoms with Crippen molar-refractivity contribution in [2.45, 2.75) is 13.8 Å². The number of nitrogens with zero attached hydrogens (tertiary/aromatic N) is 1. The zero-order valence-corrected chi connectivity index (χ0v) is 9.40. The molecule has 0 saturated carbocycles. The van der Waals surface area contributed by atoms with Crippen LogP contribution in [0.3, 0.4) is 0 Å². The minimum absolute atomic E-state index is 1.06. The molecule has 1 nitrogen and oxygen atoms in total. The van der Waals surface area contributed by atoms with Crippen molar-refractivity contribution in [2.75, 3.05) is 18.0 Å². The van der Waals surface area contributed by atoms with E-state index in [-0.39, 0.29) is 0 Å². The molecule has 0 N–H and O–H groups in total. The number of benzene rings is 2. The zero-order chi connectivity index (χ0) is 10.7. The number of fused-ring (bicyclic) bond motifs is 1. The van der Waals surface area contributed by atoms with Crippen LogP contribution in [0.4, 0.5) is 5.69 Å². The normalized spacial score (nSPS) is 10.5. The highest BCUT2D eigenvalue weighted by Gasteiger charge is 2.05. The molecule has 0 aliphatic rings. The molecule has 2 aromatic carbocycles. The maximum Gasteiger partial charge on any atom is 0.0445 e. The predicted octanol–water partition coefficient (Wildman–Crippen LogP) is 3.69. The second-order valence-electron chi connectivity index (χ2n) is 3.67. The lowest BCUT2D eigenvalue weighted by Crippen LogP contribution is -2.21. The quantitative estimate of drug-likeness (QED) is 0.728. The average molecular weight is 199 g/mol. The van der Waals surface area contributed by atoms with Gasteiger partial charge in [0.2, 0.25) is 0 Å². The first kappa shape index (κ1) is 10.0. The van der Waals surface area contributed by atoms with E-state index in [1.807, 2.05) is 0 Å². The summed E-state index contributed by atoms with van der Waals surface area (Å²) in [5.41, 5.74) is 1.35. The summed E-state index contributed by atoms with van der Waals surface area (Å²) in [7, 11) is 0. The molecule has 2 rings (SSSR count). The van der Waals surface area contributed by atoms with Crippen LogP contribution in [0, 0.1) is 0 Å².